The van der Waals surface area contributed by atoms with Crippen molar-refractivity contribution in [3.05, 3.63) is 23.5 Å². The van der Waals surface area contributed by atoms with Crippen molar-refractivity contribution >= 4 is 11.6 Å². The number of nitrogens with zero attached hydrogens (tertiary/aromatic N) is 3. The molecule has 1 aliphatic rings. The molecule has 1 aromatic heterocycles. The van der Waals surface area contributed by atoms with Gasteiger partial charge in [0.15, 0.2) is 5.69 Å². The summed E-state index contributed by atoms with van der Waals surface area (Å²) in [6, 6.07) is 5.33. The van der Waals surface area contributed by atoms with Crippen molar-refractivity contribution < 1.29 is 9.53 Å². The number of ether oxygens (including phenoxy) is 1. The van der Waals surface area contributed by atoms with E-state index in [1.54, 1.807) is 19.2 Å². The third-order valence-corrected chi connectivity index (χ3v) is 2.78. The van der Waals surface area contributed by atoms with Crippen LogP contribution in [0.3, 0.4) is 0 Å². The van der Waals surface area contributed by atoms with Gasteiger partial charge >= 0.3 is 0 Å². The summed E-state index contributed by atoms with van der Waals surface area (Å²) in [6.45, 7) is 2.70. The second-order valence-electron chi connectivity index (χ2n) is 3.85. The van der Waals surface area contributed by atoms with Crippen LogP contribution in [0.25, 0.3) is 0 Å². The van der Waals surface area contributed by atoms with Crippen molar-refractivity contribution in [2.24, 2.45) is 0 Å². The molecular formula is C12H14N4O2. The molecule has 2 rings (SSSR count). The van der Waals surface area contributed by atoms with Gasteiger partial charge in [-0.3, -0.25) is 4.79 Å². The topological polar surface area (TPSA) is 78.2 Å². The van der Waals surface area contributed by atoms with E-state index in [0.717, 1.165) is 18.8 Å². The molecule has 6 nitrogen and oxygen atoms in total. The van der Waals surface area contributed by atoms with Crippen LogP contribution in [0, 0.1) is 11.3 Å². The average Bonchev–Trinajstić information content (AvgIpc) is 2.46. The molecule has 0 unspecified atom stereocenters. The van der Waals surface area contributed by atoms with Gasteiger partial charge in [-0.1, -0.05) is 0 Å². The number of anilines is 1. The Bertz CT molecular complexity index is 489. The van der Waals surface area contributed by atoms with Crippen LogP contribution >= 0.6 is 0 Å². The summed E-state index contributed by atoms with van der Waals surface area (Å²) in [5.74, 6) is -0.284. The monoisotopic (exact) mass is 246 g/mol. The Morgan fingerprint density at radius 1 is 1.50 bits per heavy atom. The van der Waals surface area contributed by atoms with Crippen LogP contribution in [0.1, 0.15) is 16.2 Å². The van der Waals surface area contributed by atoms with Gasteiger partial charge in [0.2, 0.25) is 0 Å². The van der Waals surface area contributed by atoms with E-state index >= 15 is 0 Å². The molecule has 1 amide bonds. The van der Waals surface area contributed by atoms with Gasteiger partial charge < -0.3 is 15.0 Å². The van der Waals surface area contributed by atoms with E-state index in [2.05, 4.69) is 10.3 Å². The van der Waals surface area contributed by atoms with E-state index in [4.69, 9.17) is 10.00 Å². The van der Waals surface area contributed by atoms with Gasteiger partial charge in [-0.25, -0.2) is 4.98 Å². The maximum Gasteiger partial charge on any atom is 0.271 e. The van der Waals surface area contributed by atoms with Crippen molar-refractivity contribution in [3.63, 3.8) is 0 Å². The summed E-state index contributed by atoms with van der Waals surface area (Å²) in [5.41, 5.74) is 1.28. The number of hydrogen-bond acceptors (Lipinski definition) is 5. The van der Waals surface area contributed by atoms with Crippen LogP contribution in [-0.4, -0.2) is 44.2 Å². The molecule has 0 aliphatic carbocycles. The van der Waals surface area contributed by atoms with Crippen molar-refractivity contribution in [1.82, 2.24) is 10.3 Å². The Balaban J connectivity index is 2.39. The Morgan fingerprint density at radius 3 is 2.83 bits per heavy atom. The van der Waals surface area contributed by atoms with E-state index in [-0.39, 0.29) is 11.6 Å². The van der Waals surface area contributed by atoms with Crippen LogP contribution < -0.4 is 10.2 Å². The number of carbonyl (C=O) groups excluding carboxylic acids is 1. The molecule has 1 saturated heterocycles. The molecule has 0 atom stereocenters. The number of nitriles is 1. The molecule has 0 radical (unpaired) electrons. The minimum absolute atomic E-state index is 0.241. The second-order valence-corrected chi connectivity index (χ2v) is 3.85. The lowest BCUT2D eigenvalue weighted by Gasteiger charge is -2.29. The fourth-order valence-corrected chi connectivity index (χ4v) is 1.86. The molecule has 18 heavy (non-hydrogen) atoms. The first kappa shape index (κ1) is 12.3. The number of morpholine rings is 1. The molecule has 0 saturated carbocycles. The van der Waals surface area contributed by atoms with Gasteiger partial charge in [0, 0.05) is 20.1 Å². The van der Waals surface area contributed by atoms with Crippen molar-refractivity contribution in [2.75, 3.05) is 38.3 Å². The molecule has 1 N–H and O–H groups in total. The molecule has 0 spiro atoms. The van der Waals surface area contributed by atoms with Crippen LogP contribution in [0.4, 0.5) is 5.69 Å². The van der Waals surface area contributed by atoms with Gasteiger partial charge in [0.05, 0.1) is 18.9 Å². The summed E-state index contributed by atoms with van der Waals surface area (Å²) in [5, 5.41) is 11.4. The number of nitrogens with one attached hydrogen (secondary N) is 1. The van der Waals surface area contributed by atoms with Crippen LogP contribution in [0.2, 0.25) is 0 Å². The van der Waals surface area contributed by atoms with Crippen LogP contribution in [0.15, 0.2) is 12.1 Å². The maximum atomic E-state index is 11.8. The van der Waals surface area contributed by atoms with Gasteiger partial charge in [0.25, 0.3) is 5.91 Å². The van der Waals surface area contributed by atoms with E-state index < -0.39 is 0 Å². The third kappa shape index (κ3) is 2.41. The molecule has 1 aliphatic heterocycles. The SMILES string of the molecule is CNC(=O)c1nc(C#N)ccc1N1CCOCC1. The number of pyridine rings is 1. The van der Waals surface area contributed by atoms with Gasteiger partial charge in [-0.2, -0.15) is 5.26 Å². The zero-order valence-electron chi connectivity index (χ0n) is 10.1. The Kier molecular flexibility index (Phi) is 3.75. The largest absolute Gasteiger partial charge is 0.378 e. The Hall–Kier alpha value is -2.13. The van der Waals surface area contributed by atoms with Crippen molar-refractivity contribution in [2.45, 2.75) is 0 Å². The highest BCUT2D eigenvalue weighted by atomic mass is 16.5. The number of carbonyl (C=O) groups is 1. The van der Waals surface area contributed by atoms with Gasteiger partial charge in [-0.15, -0.1) is 0 Å². The van der Waals surface area contributed by atoms with Gasteiger partial charge in [-0.05, 0) is 12.1 Å². The number of aromatic nitrogens is 1. The Morgan fingerprint density at radius 2 is 2.22 bits per heavy atom. The predicted molar refractivity (Wildman–Crippen MR) is 65.4 cm³/mol. The molecule has 1 fully saturated rings. The molecule has 94 valence electrons. The molecule has 0 aromatic carbocycles. The lowest BCUT2D eigenvalue weighted by atomic mass is 10.2. The van der Waals surface area contributed by atoms with Crippen molar-refractivity contribution in [1.29, 1.82) is 5.26 Å². The zero-order valence-corrected chi connectivity index (χ0v) is 10.1. The lowest BCUT2D eigenvalue weighted by Crippen LogP contribution is -2.38. The average molecular weight is 246 g/mol. The summed E-state index contributed by atoms with van der Waals surface area (Å²) >= 11 is 0. The molecule has 6 heteroatoms. The molecule has 0 bridgehead atoms. The summed E-state index contributed by atoms with van der Waals surface area (Å²) < 4.78 is 5.28. The first-order chi connectivity index (χ1) is 8.76. The zero-order chi connectivity index (χ0) is 13.0. The van der Waals surface area contributed by atoms with Gasteiger partial charge in [0.1, 0.15) is 11.8 Å². The molecule has 2 heterocycles. The van der Waals surface area contributed by atoms with E-state index in [0.29, 0.717) is 18.9 Å². The van der Waals surface area contributed by atoms with E-state index in [9.17, 15) is 4.79 Å². The highest BCUT2D eigenvalue weighted by Gasteiger charge is 2.20. The highest BCUT2D eigenvalue weighted by molar-refractivity contribution is 5.97. The minimum atomic E-state index is -0.284. The van der Waals surface area contributed by atoms with E-state index in [1.807, 2.05) is 11.0 Å². The summed E-state index contributed by atoms with van der Waals surface area (Å²) in [7, 11) is 1.55. The smallest absolute Gasteiger partial charge is 0.271 e. The predicted octanol–water partition coefficient (Wildman–Crippen LogP) is 0.149. The van der Waals surface area contributed by atoms with Crippen molar-refractivity contribution in [3.8, 4) is 6.07 Å². The normalized spacial score (nSPS) is 15.0. The standard InChI is InChI=1S/C12H14N4O2/c1-14-12(17)11-10(3-2-9(8-13)15-11)16-4-6-18-7-5-16/h2-3H,4-7H2,1H3,(H,14,17). The fraction of sp³-hybridized carbons (Fsp3) is 0.417. The van der Waals surface area contributed by atoms with E-state index in [1.165, 1.54) is 0 Å². The quantitative estimate of drug-likeness (QED) is 0.803. The second kappa shape index (κ2) is 5.47. The highest BCUT2D eigenvalue weighted by Crippen LogP contribution is 2.20. The Labute approximate surface area is 105 Å². The first-order valence-corrected chi connectivity index (χ1v) is 5.72. The fourth-order valence-electron chi connectivity index (χ4n) is 1.86. The lowest BCUT2D eigenvalue weighted by molar-refractivity contribution is 0.0956. The minimum Gasteiger partial charge on any atom is -0.378 e. The first-order valence-electron chi connectivity index (χ1n) is 5.72. The maximum absolute atomic E-state index is 11.8. The number of amides is 1. The summed E-state index contributed by atoms with van der Waals surface area (Å²) in [4.78, 5) is 17.9. The third-order valence-electron chi connectivity index (χ3n) is 2.78. The number of rotatable bonds is 2. The van der Waals surface area contributed by atoms with Crippen LogP contribution in [-0.2, 0) is 4.74 Å². The molecular weight excluding hydrogens is 232 g/mol. The number of hydrogen-bond donors (Lipinski definition) is 1. The molecule has 1 aromatic rings. The van der Waals surface area contributed by atoms with Crippen LogP contribution in [0.5, 0.6) is 0 Å². The summed E-state index contributed by atoms with van der Waals surface area (Å²) in [6.07, 6.45) is 0.